The predicted octanol–water partition coefficient (Wildman–Crippen LogP) is 4.59. The van der Waals surface area contributed by atoms with Crippen LogP contribution < -0.4 is 10.1 Å². The molecular formula is C17H17Cl2NO2S. The largest absolute Gasteiger partial charge is 0.482 e. The molecule has 0 aliphatic rings. The lowest BCUT2D eigenvalue weighted by molar-refractivity contribution is -0.122. The third kappa shape index (κ3) is 6.34. The lowest BCUT2D eigenvalue weighted by Gasteiger charge is -2.09. The van der Waals surface area contributed by atoms with Crippen LogP contribution in [0, 0.1) is 6.92 Å². The summed E-state index contributed by atoms with van der Waals surface area (Å²) in [5.74, 6) is 1.01. The first-order chi connectivity index (χ1) is 11.0. The van der Waals surface area contributed by atoms with E-state index in [1.807, 2.05) is 0 Å². The van der Waals surface area contributed by atoms with Gasteiger partial charge in [-0.3, -0.25) is 4.79 Å². The van der Waals surface area contributed by atoms with E-state index in [0.29, 0.717) is 22.3 Å². The Kier molecular flexibility index (Phi) is 7.09. The van der Waals surface area contributed by atoms with Gasteiger partial charge in [0.25, 0.3) is 5.91 Å². The Morgan fingerprint density at radius 1 is 1.17 bits per heavy atom. The first-order valence-electron chi connectivity index (χ1n) is 7.08. The monoisotopic (exact) mass is 369 g/mol. The highest BCUT2D eigenvalue weighted by Gasteiger charge is 2.06. The second kappa shape index (κ2) is 9.06. The number of amides is 1. The molecule has 23 heavy (non-hydrogen) atoms. The highest BCUT2D eigenvalue weighted by molar-refractivity contribution is 7.99. The lowest BCUT2D eigenvalue weighted by Crippen LogP contribution is -2.30. The molecule has 2 rings (SSSR count). The van der Waals surface area contributed by atoms with Crippen molar-refractivity contribution < 1.29 is 9.53 Å². The maximum Gasteiger partial charge on any atom is 0.257 e. The van der Waals surface area contributed by atoms with Gasteiger partial charge >= 0.3 is 0 Å². The Hall–Kier alpha value is -1.36. The quantitative estimate of drug-likeness (QED) is 0.572. The SMILES string of the molecule is Cc1ccc(SCCNC(=O)COc2cc(Cl)ccc2Cl)cc1. The van der Waals surface area contributed by atoms with E-state index in [9.17, 15) is 4.79 Å². The molecule has 0 aliphatic carbocycles. The fourth-order valence-corrected chi connectivity index (χ4v) is 2.88. The molecule has 1 amide bonds. The van der Waals surface area contributed by atoms with Crippen molar-refractivity contribution in [1.29, 1.82) is 0 Å². The van der Waals surface area contributed by atoms with E-state index in [4.69, 9.17) is 27.9 Å². The average molecular weight is 370 g/mol. The van der Waals surface area contributed by atoms with Gasteiger partial charge in [0, 0.05) is 28.3 Å². The summed E-state index contributed by atoms with van der Waals surface area (Å²) in [5.41, 5.74) is 1.24. The van der Waals surface area contributed by atoms with Gasteiger partial charge in [-0.2, -0.15) is 0 Å². The summed E-state index contributed by atoms with van der Waals surface area (Å²) in [4.78, 5) is 12.9. The molecule has 0 spiro atoms. The van der Waals surface area contributed by atoms with Crippen molar-refractivity contribution in [1.82, 2.24) is 5.32 Å². The molecule has 0 aliphatic heterocycles. The Labute approximate surface area is 150 Å². The van der Waals surface area contributed by atoms with Gasteiger partial charge in [0.15, 0.2) is 6.61 Å². The summed E-state index contributed by atoms with van der Waals surface area (Å²) in [7, 11) is 0. The molecule has 122 valence electrons. The Morgan fingerprint density at radius 2 is 1.91 bits per heavy atom. The molecule has 2 aromatic carbocycles. The van der Waals surface area contributed by atoms with Crippen molar-refractivity contribution in [2.75, 3.05) is 18.9 Å². The molecule has 0 saturated heterocycles. The van der Waals surface area contributed by atoms with Crippen molar-refractivity contribution in [3.8, 4) is 5.75 Å². The van der Waals surface area contributed by atoms with Crippen molar-refractivity contribution in [3.63, 3.8) is 0 Å². The summed E-state index contributed by atoms with van der Waals surface area (Å²) < 4.78 is 5.37. The minimum Gasteiger partial charge on any atom is -0.482 e. The molecule has 3 nitrogen and oxygen atoms in total. The molecule has 0 heterocycles. The Bertz CT molecular complexity index is 662. The highest BCUT2D eigenvalue weighted by atomic mass is 35.5. The van der Waals surface area contributed by atoms with Crippen LogP contribution in [0.15, 0.2) is 47.4 Å². The van der Waals surface area contributed by atoms with Gasteiger partial charge in [-0.05, 0) is 31.2 Å². The van der Waals surface area contributed by atoms with Gasteiger partial charge in [-0.1, -0.05) is 40.9 Å². The third-order valence-corrected chi connectivity index (χ3v) is 4.53. The number of halogens is 2. The summed E-state index contributed by atoms with van der Waals surface area (Å²) >= 11 is 13.5. The first-order valence-corrected chi connectivity index (χ1v) is 8.83. The fourth-order valence-electron chi connectivity index (χ4n) is 1.78. The van der Waals surface area contributed by atoms with Crippen LogP contribution in [-0.4, -0.2) is 24.8 Å². The third-order valence-electron chi connectivity index (χ3n) is 2.97. The maximum atomic E-state index is 11.7. The number of aryl methyl sites for hydroxylation is 1. The van der Waals surface area contributed by atoms with E-state index in [-0.39, 0.29) is 12.5 Å². The van der Waals surface area contributed by atoms with E-state index in [1.54, 1.807) is 30.0 Å². The van der Waals surface area contributed by atoms with Gasteiger partial charge in [0.2, 0.25) is 0 Å². The van der Waals surface area contributed by atoms with E-state index in [1.165, 1.54) is 10.5 Å². The molecule has 0 atom stereocenters. The second-order valence-electron chi connectivity index (χ2n) is 4.87. The first kappa shape index (κ1) is 18.0. The molecule has 0 radical (unpaired) electrons. The van der Waals surface area contributed by atoms with Crippen LogP contribution in [0.25, 0.3) is 0 Å². The number of carbonyl (C=O) groups is 1. The zero-order chi connectivity index (χ0) is 16.7. The summed E-state index contributed by atoms with van der Waals surface area (Å²) in [6.45, 7) is 2.54. The van der Waals surface area contributed by atoms with Gasteiger partial charge in [0.05, 0.1) is 5.02 Å². The number of hydrogen-bond acceptors (Lipinski definition) is 3. The normalized spacial score (nSPS) is 10.4. The highest BCUT2D eigenvalue weighted by Crippen LogP contribution is 2.27. The molecule has 2 aromatic rings. The zero-order valence-electron chi connectivity index (χ0n) is 12.6. The number of ether oxygens (including phenoxy) is 1. The fraction of sp³-hybridized carbons (Fsp3) is 0.235. The van der Waals surface area contributed by atoms with Crippen LogP contribution >= 0.6 is 35.0 Å². The molecule has 6 heteroatoms. The zero-order valence-corrected chi connectivity index (χ0v) is 15.0. The number of thioether (sulfide) groups is 1. The van der Waals surface area contributed by atoms with Gasteiger partial charge < -0.3 is 10.1 Å². The summed E-state index contributed by atoms with van der Waals surface area (Å²) in [6, 6.07) is 13.2. The van der Waals surface area contributed by atoms with Crippen LogP contribution in [0.4, 0.5) is 0 Å². The molecule has 0 fully saturated rings. The van der Waals surface area contributed by atoms with Crippen molar-refractivity contribution in [2.45, 2.75) is 11.8 Å². The number of hydrogen-bond donors (Lipinski definition) is 1. The number of carbonyl (C=O) groups excluding carboxylic acids is 1. The molecule has 0 unspecified atom stereocenters. The minimum atomic E-state index is -0.189. The van der Waals surface area contributed by atoms with Crippen molar-refractivity contribution >= 4 is 40.9 Å². The number of benzene rings is 2. The van der Waals surface area contributed by atoms with E-state index in [2.05, 4.69) is 36.5 Å². The number of rotatable bonds is 7. The van der Waals surface area contributed by atoms with Crippen LogP contribution in [0.5, 0.6) is 5.75 Å². The molecular weight excluding hydrogens is 353 g/mol. The van der Waals surface area contributed by atoms with Crippen molar-refractivity contribution in [2.24, 2.45) is 0 Å². The van der Waals surface area contributed by atoms with Crippen LogP contribution in [0.2, 0.25) is 10.0 Å². The van der Waals surface area contributed by atoms with Crippen molar-refractivity contribution in [3.05, 3.63) is 58.1 Å². The van der Waals surface area contributed by atoms with Gasteiger partial charge in [-0.15, -0.1) is 11.8 Å². The molecule has 1 N–H and O–H groups in total. The topological polar surface area (TPSA) is 38.3 Å². The Balaban J connectivity index is 1.67. The van der Waals surface area contributed by atoms with E-state index in [0.717, 1.165) is 5.75 Å². The Morgan fingerprint density at radius 3 is 2.65 bits per heavy atom. The lowest BCUT2D eigenvalue weighted by atomic mass is 10.2. The maximum absolute atomic E-state index is 11.7. The smallest absolute Gasteiger partial charge is 0.257 e. The molecule has 0 saturated carbocycles. The summed E-state index contributed by atoms with van der Waals surface area (Å²) in [6.07, 6.45) is 0. The molecule has 0 aromatic heterocycles. The number of nitrogens with one attached hydrogen (secondary N) is 1. The van der Waals surface area contributed by atoms with Crippen LogP contribution in [0.1, 0.15) is 5.56 Å². The molecule has 0 bridgehead atoms. The standard InChI is InChI=1S/C17H17Cl2NO2S/c1-12-2-5-14(6-3-12)23-9-8-20-17(21)11-22-16-10-13(18)4-7-15(16)19/h2-7,10H,8-9,11H2,1H3,(H,20,21). The van der Waals surface area contributed by atoms with E-state index < -0.39 is 0 Å². The van der Waals surface area contributed by atoms with Crippen LogP contribution in [0.3, 0.4) is 0 Å². The average Bonchev–Trinajstić information content (AvgIpc) is 2.54. The van der Waals surface area contributed by atoms with E-state index >= 15 is 0 Å². The van der Waals surface area contributed by atoms with Gasteiger partial charge in [0.1, 0.15) is 5.75 Å². The predicted molar refractivity (Wildman–Crippen MR) is 96.9 cm³/mol. The van der Waals surface area contributed by atoms with Gasteiger partial charge in [-0.25, -0.2) is 0 Å². The van der Waals surface area contributed by atoms with Crippen LogP contribution in [-0.2, 0) is 4.79 Å². The summed E-state index contributed by atoms with van der Waals surface area (Å²) in [5, 5.41) is 3.75. The second-order valence-corrected chi connectivity index (χ2v) is 6.89. The minimum absolute atomic E-state index is 0.0880.